The van der Waals surface area contributed by atoms with Gasteiger partial charge in [0.1, 0.15) is 11.6 Å². The van der Waals surface area contributed by atoms with Gasteiger partial charge in [-0.25, -0.2) is 9.78 Å². The molecule has 0 bridgehead atoms. The molecule has 1 unspecified atom stereocenters. The van der Waals surface area contributed by atoms with Crippen molar-refractivity contribution in [1.82, 2.24) is 9.97 Å². The molecule has 0 aliphatic carbocycles. The van der Waals surface area contributed by atoms with Crippen LogP contribution in [0.1, 0.15) is 30.9 Å². The highest BCUT2D eigenvalue weighted by Crippen LogP contribution is 2.47. The third-order valence-electron chi connectivity index (χ3n) is 4.80. The van der Waals surface area contributed by atoms with Crippen LogP contribution < -0.4 is 25.3 Å². The molecule has 1 aliphatic rings. The van der Waals surface area contributed by atoms with Gasteiger partial charge in [-0.3, -0.25) is 0 Å². The van der Waals surface area contributed by atoms with E-state index in [2.05, 4.69) is 15.3 Å². The lowest BCUT2D eigenvalue weighted by Gasteiger charge is -2.30. The van der Waals surface area contributed by atoms with Crippen LogP contribution in [-0.2, 0) is 9.53 Å². The Hall–Kier alpha value is -3.27. The second-order valence-electron chi connectivity index (χ2n) is 6.49. The van der Waals surface area contributed by atoms with Gasteiger partial charge in [-0.1, -0.05) is 0 Å². The predicted octanol–water partition coefficient (Wildman–Crippen LogP) is 3.14. The molecule has 0 amide bonds. The van der Waals surface area contributed by atoms with E-state index in [0.717, 1.165) is 0 Å². The molecular weight excluding hydrogens is 408 g/mol. The largest absolute Gasteiger partial charge is 0.493 e. The van der Waals surface area contributed by atoms with Crippen molar-refractivity contribution in [2.75, 3.05) is 39.0 Å². The Morgan fingerprint density at radius 2 is 1.83 bits per heavy atom. The Kier molecular flexibility index (Phi) is 6.16. The number of carbonyl (C=O) groups excluding carboxylic acids is 1. The lowest BCUT2D eigenvalue weighted by atomic mass is 9.81. The fourth-order valence-corrected chi connectivity index (χ4v) is 3.78. The number of fused-ring (bicyclic) bond motifs is 1. The minimum absolute atomic E-state index is 0.231. The van der Waals surface area contributed by atoms with Gasteiger partial charge in [0.05, 0.1) is 39.4 Å². The van der Waals surface area contributed by atoms with Crippen molar-refractivity contribution in [2.45, 2.75) is 19.8 Å². The summed E-state index contributed by atoms with van der Waals surface area (Å²) in [6.45, 7) is 3.76. The summed E-state index contributed by atoms with van der Waals surface area (Å²) < 4.78 is 22.0. The number of ether oxygens (including phenoxy) is 4. The van der Waals surface area contributed by atoms with Crippen LogP contribution >= 0.6 is 12.2 Å². The maximum atomic E-state index is 12.9. The minimum atomic E-state index is -0.603. The van der Waals surface area contributed by atoms with Crippen LogP contribution in [0.25, 0.3) is 0 Å². The molecule has 1 aliphatic heterocycles. The van der Waals surface area contributed by atoms with E-state index in [4.69, 9.17) is 36.9 Å². The van der Waals surface area contributed by atoms with Crippen LogP contribution in [0, 0.1) is 4.77 Å². The lowest BCUT2D eigenvalue weighted by molar-refractivity contribution is -0.138. The number of aromatic nitrogens is 2. The number of aromatic amines is 1. The molecule has 0 saturated carbocycles. The van der Waals surface area contributed by atoms with Crippen LogP contribution in [0.15, 0.2) is 23.4 Å². The Balaban J connectivity index is 2.34. The summed E-state index contributed by atoms with van der Waals surface area (Å²) >= 11 is 5.16. The summed E-state index contributed by atoms with van der Waals surface area (Å²) in [4.78, 5) is 20.1. The first-order chi connectivity index (χ1) is 14.4. The minimum Gasteiger partial charge on any atom is -0.493 e. The van der Waals surface area contributed by atoms with E-state index in [1.54, 1.807) is 26.0 Å². The topological polar surface area (TPSA) is 121 Å². The molecule has 9 nitrogen and oxygen atoms in total. The van der Waals surface area contributed by atoms with Crippen LogP contribution in [-0.4, -0.2) is 43.9 Å². The van der Waals surface area contributed by atoms with Gasteiger partial charge in [0.25, 0.3) is 0 Å². The standard InChI is InChI=1S/C20H24N4O5S/c1-6-29-19(25)13-9(2)22-18-15(17(21)23-20(30)24-18)14(13)10-7-11(26-3)16(28-5)12(8-10)27-4/h7-8,14H,6H2,1-5H3,(H4,21,22,23,24,30). The van der Waals surface area contributed by atoms with Gasteiger partial charge in [0.2, 0.25) is 5.75 Å². The van der Waals surface area contributed by atoms with Gasteiger partial charge in [-0.2, -0.15) is 0 Å². The van der Waals surface area contributed by atoms with Crippen LogP contribution in [0.4, 0.5) is 11.6 Å². The fraction of sp³-hybridized carbons (Fsp3) is 0.350. The summed E-state index contributed by atoms with van der Waals surface area (Å²) in [5, 5.41) is 3.12. The highest BCUT2D eigenvalue weighted by atomic mass is 32.1. The summed E-state index contributed by atoms with van der Waals surface area (Å²) in [7, 11) is 4.58. The number of benzene rings is 1. The van der Waals surface area contributed by atoms with Gasteiger partial charge in [-0.15, -0.1) is 0 Å². The SMILES string of the molecule is CCOC(=O)C1=C(C)Nc2nc(=S)[nH]c(N)c2C1c1cc(OC)c(OC)c(OC)c1. The molecule has 4 N–H and O–H groups in total. The molecule has 30 heavy (non-hydrogen) atoms. The smallest absolute Gasteiger partial charge is 0.336 e. The number of H-pyrrole nitrogens is 1. The normalized spacial score (nSPS) is 15.2. The van der Waals surface area contributed by atoms with Crippen molar-refractivity contribution < 1.29 is 23.7 Å². The zero-order valence-corrected chi connectivity index (χ0v) is 18.2. The molecule has 0 fully saturated rings. The van der Waals surface area contributed by atoms with E-state index in [0.29, 0.717) is 51.3 Å². The van der Waals surface area contributed by atoms with Crippen molar-refractivity contribution in [2.24, 2.45) is 0 Å². The maximum absolute atomic E-state index is 12.9. The van der Waals surface area contributed by atoms with Crippen molar-refractivity contribution >= 4 is 29.8 Å². The zero-order chi connectivity index (χ0) is 22.0. The number of allylic oxidation sites excluding steroid dienone is 1. The van der Waals surface area contributed by atoms with Crippen molar-refractivity contribution in [1.29, 1.82) is 0 Å². The van der Waals surface area contributed by atoms with Gasteiger partial charge >= 0.3 is 5.97 Å². The average molecular weight is 433 g/mol. The number of nitrogens with two attached hydrogens (primary N) is 1. The van der Waals surface area contributed by atoms with Crippen LogP contribution in [0.3, 0.4) is 0 Å². The van der Waals surface area contributed by atoms with Gasteiger partial charge < -0.3 is 35.0 Å². The quantitative estimate of drug-likeness (QED) is 0.467. The number of esters is 1. The maximum Gasteiger partial charge on any atom is 0.336 e. The number of rotatable bonds is 6. The number of anilines is 2. The summed E-state index contributed by atoms with van der Waals surface area (Å²) in [5.74, 6) is 1.04. The Morgan fingerprint density at radius 3 is 2.37 bits per heavy atom. The Bertz CT molecular complexity index is 1050. The number of hydrogen-bond acceptors (Lipinski definition) is 9. The fourth-order valence-electron chi connectivity index (χ4n) is 3.57. The number of nitrogen functional groups attached to an aromatic ring is 1. The lowest BCUT2D eigenvalue weighted by Crippen LogP contribution is -2.26. The monoisotopic (exact) mass is 432 g/mol. The van der Waals surface area contributed by atoms with E-state index in [1.807, 2.05) is 0 Å². The number of hydrogen-bond donors (Lipinski definition) is 3. The van der Waals surface area contributed by atoms with Gasteiger partial charge in [0.15, 0.2) is 16.3 Å². The van der Waals surface area contributed by atoms with E-state index >= 15 is 0 Å². The van der Waals surface area contributed by atoms with E-state index in [9.17, 15) is 4.79 Å². The molecule has 0 radical (unpaired) electrons. The van der Waals surface area contributed by atoms with E-state index in [-0.39, 0.29) is 11.4 Å². The molecule has 1 atom stereocenters. The van der Waals surface area contributed by atoms with Gasteiger partial charge in [-0.05, 0) is 43.8 Å². The Morgan fingerprint density at radius 1 is 1.20 bits per heavy atom. The van der Waals surface area contributed by atoms with Crippen LogP contribution in [0.2, 0.25) is 0 Å². The molecule has 0 saturated heterocycles. The van der Waals surface area contributed by atoms with Crippen molar-refractivity contribution in [3.63, 3.8) is 0 Å². The number of nitrogens with one attached hydrogen (secondary N) is 2. The van der Waals surface area contributed by atoms with Crippen molar-refractivity contribution in [3.05, 3.63) is 39.3 Å². The third-order valence-corrected chi connectivity index (χ3v) is 5.00. The molecule has 2 heterocycles. The molecule has 2 aromatic rings. The first-order valence-electron chi connectivity index (χ1n) is 9.20. The molecule has 1 aromatic heterocycles. The van der Waals surface area contributed by atoms with Gasteiger partial charge in [0, 0.05) is 11.3 Å². The number of methoxy groups -OCH3 is 3. The van der Waals surface area contributed by atoms with E-state index in [1.165, 1.54) is 21.3 Å². The summed E-state index contributed by atoms with van der Waals surface area (Å²) in [6, 6.07) is 3.54. The van der Waals surface area contributed by atoms with Crippen molar-refractivity contribution in [3.8, 4) is 17.2 Å². The second-order valence-corrected chi connectivity index (χ2v) is 6.88. The first-order valence-corrected chi connectivity index (χ1v) is 9.61. The number of nitrogens with zero attached hydrogens (tertiary/aromatic N) is 1. The predicted molar refractivity (Wildman–Crippen MR) is 115 cm³/mol. The Labute approximate surface area is 179 Å². The molecule has 1 aromatic carbocycles. The highest BCUT2D eigenvalue weighted by Gasteiger charge is 2.37. The van der Waals surface area contributed by atoms with Crippen LogP contribution in [0.5, 0.6) is 17.2 Å². The summed E-state index contributed by atoms with van der Waals surface area (Å²) in [5.41, 5.74) is 8.54. The average Bonchev–Trinajstić information content (AvgIpc) is 2.71. The molecule has 0 spiro atoms. The first kappa shape index (κ1) is 21.4. The second kappa shape index (κ2) is 8.62. The molecular formula is C20H24N4O5S. The molecule has 10 heteroatoms. The number of carbonyl (C=O) groups is 1. The summed E-state index contributed by atoms with van der Waals surface area (Å²) in [6.07, 6.45) is 0. The third kappa shape index (κ3) is 3.65. The highest BCUT2D eigenvalue weighted by molar-refractivity contribution is 7.71. The molecule has 3 rings (SSSR count). The van der Waals surface area contributed by atoms with E-state index < -0.39 is 11.9 Å². The zero-order valence-electron chi connectivity index (χ0n) is 17.4. The molecule has 160 valence electrons.